The van der Waals surface area contributed by atoms with E-state index in [-0.39, 0.29) is 19.6 Å². The summed E-state index contributed by atoms with van der Waals surface area (Å²) in [5, 5.41) is 17.0. The van der Waals surface area contributed by atoms with Gasteiger partial charge in [0.05, 0.1) is 13.0 Å². The minimum absolute atomic E-state index is 0.108. The van der Waals surface area contributed by atoms with Crippen LogP contribution in [0.15, 0.2) is 0 Å². The van der Waals surface area contributed by atoms with Gasteiger partial charge in [-0.25, -0.2) is 0 Å². The molecule has 0 saturated carbocycles. The van der Waals surface area contributed by atoms with Crippen LogP contribution in [-0.2, 0) is 15.0 Å². The Labute approximate surface area is 88.9 Å². The van der Waals surface area contributed by atoms with Gasteiger partial charge in [0.15, 0.2) is 0 Å². The number of aliphatic hydroxyl groups is 1. The van der Waals surface area contributed by atoms with Gasteiger partial charge in [0.1, 0.15) is 0 Å². The van der Waals surface area contributed by atoms with Gasteiger partial charge in [-0.2, -0.15) is 17.4 Å². The maximum atomic E-state index is 11.4. The van der Waals surface area contributed by atoms with Gasteiger partial charge in [0.25, 0.3) is 10.2 Å². The molecule has 3 N–H and O–H groups in total. The van der Waals surface area contributed by atoms with Crippen molar-refractivity contribution >= 4 is 16.2 Å². The molecule has 0 aliphatic carbocycles. The van der Waals surface area contributed by atoms with Gasteiger partial charge >= 0.3 is 5.97 Å². The largest absolute Gasteiger partial charge is 0.481 e. The molecule has 0 aromatic carbocycles. The van der Waals surface area contributed by atoms with E-state index in [0.717, 1.165) is 4.31 Å². The van der Waals surface area contributed by atoms with E-state index in [0.29, 0.717) is 0 Å². The van der Waals surface area contributed by atoms with Crippen LogP contribution in [0.4, 0.5) is 0 Å². The highest BCUT2D eigenvalue weighted by molar-refractivity contribution is 7.87. The first kappa shape index (κ1) is 14.3. The summed E-state index contributed by atoms with van der Waals surface area (Å²) in [6.07, 6.45) is -0.259. The number of carboxylic acids is 1. The van der Waals surface area contributed by atoms with Crippen molar-refractivity contribution in [3.05, 3.63) is 0 Å². The fourth-order valence-electron chi connectivity index (χ4n) is 0.755. The van der Waals surface area contributed by atoms with E-state index in [2.05, 4.69) is 4.72 Å². The maximum absolute atomic E-state index is 11.4. The molecule has 0 rings (SSSR count). The lowest BCUT2D eigenvalue weighted by atomic mass is 10.4. The molecule has 0 spiro atoms. The van der Waals surface area contributed by atoms with Crippen molar-refractivity contribution < 1.29 is 23.4 Å². The number of nitrogens with one attached hydrogen (secondary N) is 1. The molecular formula is C7H16N2O5S. The van der Waals surface area contributed by atoms with Crippen LogP contribution >= 0.6 is 0 Å². The summed E-state index contributed by atoms with van der Waals surface area (Å²) in [4.78, 5) is 10.2. The van der Waals surface area contributed by atoms with Crippen LogP contribution in [-0.4, -0.2) is 55.1 Å². The number of hydrogen-bond acceptors (Lipinski definition) is 4. The van der Waals surface area contributed by atoms with Crippen LogP contribution in [0, 0.1) is 0 Å². The second-order valence-corrected chi connectivity index (χ2v) is 4.98. The van der Waals surface area contributed by atoms with Crippen LogP contribution < -0.4 is 4.72 Å². The van der Waals surface area contributed by atoms with E-state index >= 15 is 0 Å². The molecule has 1 unspecified atom stereocenters. The number of rotatable bonds is 7. The number of aliphatic hydroxyl groups excluding tert-OH is 1. The molecule has 15 heavy (non-hydrogen) atoms. The van der Waals surface area contributed by atoms with Gasteiger partial charge in [0.2, 0.25) is 0 Å². The average Bonchev–Trinajstić information content (AvgIpc) is 2.13. The lowest BCUT2D eigenvalue weighted by Gasteiger charge is -2.19. The summed E-state index contributed by atoms with van der Waals surface area (Å²) in [5.74, 6) is -1.06. The summed E-state index contributed by atoms with van der Waals surface area (Å²) in [6, 6.07) is -0.595. The van der Waals surface area contributed by atoms with Gasteiger partial charge in [-0.15, -0.1) is 0 Å². The molecule has 0 fully saturated rings. The van der Waals surface area contributed by atoms with Gasteiger partial charge in [-0.3, -0.25) is 4.79 Å². The molecule has 7 nitrogen and oxygen atoms in total. The normalized spacial score (nSPS) is 14.1. The molecule has 0 heterocycles. The van der Waals surface area contributed by atoms with Crippen LogP contribution in [0.2, 0.25) is 0 Å². The van der Waals surface area contributed by atoms with E-state index in [1.807, 2.05) is 0 Å². The van der Waals surface area contributed by atoms with Gasteiger partial charge < -0.3 is 10.2 Å². The van der Waals surface area contributed by atoms with Crippen molar-refractivity contribution in [1.29, 1.82) is 0 Å². The Morgan fingerprint density at radius 1 is 1.53 bits per heavy atom. The Hall–Kier alpha value is -0.700. The fraction of sp³-hybridized carbons (Fsp3) is 0.857. The predicted molar refractivity (Wildman–Crippen MR) is 53.5 cm³/mol. The zero-order valence-electron chi connectivity index (χ0n) is 8.67. The van der Waals surface area contributed by atoms with E-state index in [4.69, 9.17) is 10.2 Å². The van der Waals surface area contributed by atoms with Gasteiger partial charge in [0, 0.05) is 19.6 Å². The standard InChI is InChI=1S/C7H16N2O5S/c1-6(5-10)8-15(13,14)9(2)4-3-7(11)12/h6,8,10H,3-5H2,1-2H3,(H,11,12). The SMILES string of the molecule is CC(CO)NS(=O)(=O)N(C)CCC(=O)O. The lowest BCUT2D eigenvalue weighted by molar-refractivity contribution is -0.137. The Bertz CT molecular complexity index is 303. The topological polar surface area (TPSA) is 107 Å². The Balaban J connectivity index is 4.26. The zero-order chi connectivity index (χ0) is 12.1. The van der Waals surface area contributed by atoms with Crippen molar-refractivity contribution in [2.24, 2.45) is 0 Å². The number of nitrogens with zero attached hydrogens (tertiary/aromatic N) is 1. The van der Waals surface area contributed by atoms with Crippen molar-refractivity contribution in [3.8, 4) is 0 Å². The third-order valence-electron chi connectivity index (χ3n) is 1.67. The number of carbonyl (C=O) groups is 1. The summed E-state index contributed by atoms with van der Waals surface area (Å²) in [5.41, 5.74) is 0. The second kappa shape index (κ2) is 6.01. The molecule has 0 aromatic heterocycles. The lowest BCUT2D eigenvalue weighted by Crippen LogP contribution is -2.44. The highest BCUT2D eigenvalue weighted by Gasteiger charge is 2.20. The first-order valence-corrected chi connectivity index (χ1v) is 5.80. The minimum atomic E-state index is -3.71. The third-order valence-corrected chi connectivity index (χ3v) is 3.38. The summed E-state index contributed by atoms with van der Waals surface area (Å²) in [6.45, 7) is 1.08. The minimum Gasteiger partial charge on any atom is -0.481 e. The fourth-order valence-corrected chi connectivity index (χ4v) is 1.85. The van der Waals surface area contributed by atoms with Gasteiger partial charge in [-0.05, 0) is 6.92 Å². The summed E-state index contributed by atoms with van der Waals surface area (Å²) >= 11 is 0. The van der Waals surface area contributed by atoms with Crippen molar-refractivity contribution in [3.63, 3.8) is 0 Å². The molecule has 8 heteroatoms. The first-order valence-electron chi connectivity index (χ1n) is 4.36. The maximum Gasteiger partial charge on any atom is 0.304 e. The van der Waals surface area contributed by atoms with Crippen molar-refractivity contribution in [2.75, 3.05) is 20.2 Å². The summed E-state index contributed by atoms with van der Waals surface area (Å²) < 4.78 is 25.9. The molecule has 0 radical (unpaired) electrons. The number of aliphatic carboxylic acids is 1. The zero-order valence-corrected chi connectivity index (χ0v) is 9.49. The molecule has 0 bridgehead atoms. The molecule has 0 aromatic rings. The highest BCUT2D eigenvalue weighted by atomic mass is 32.2. The van der Waals surface area contributed by atoms with Crippen LogP contribution in [0.1, 0.15) is 13.3 Å². The van der Waals surface area contributed by atoms with Crippen LogP contribution in [0.25, 0.3) is 0 Å². The molecular weight excluding hydrogens is 224 g/mol. The first-order chi connectivity index (χ1) is 6.79. The van der Waals surface area contributed by atoms with E-state index < -0.39 is 22.2 Å². The molecule has 0 aliphatic rings. The Kier molecular flexibility index (Phi) is 5.73. The second-order valence-electron chi connectivity index (χ2n) is 3.17. The highest BCUT2D eigenvalue weighted by Crippen LogP contribution is 1.97. The van der Waals surface area contributed by atoms with Gasteiger partial charge in [-0.1, -0.05) is 0 Å². The third kappa shape index (κ3) is 5.67. The molecule has 90 valence electrons. The smallest absolute Gasteiger partial charge is 0.304 e. The molecule has 0 saturated heterocycles. The van der Waals surface area contributed by atoms with Crippen molar-refractivity contribution in [1.82, 2.24) is 9.03 Å². The van der Waals surface area contributed by atoms with Crippen molar-refractivity contribution in [2.45, 2.75) is 19.4 Å². The predicted octanol–water partition coefficient (Wildman–Crippen LogP) is -1.39. The van der Waals surface area contributed by atoms with Crippen LogP contribution in [0.5, 0.6) is 0 Å². The average molecular weight is 240 g/mol. The monoisotopic (exact) mass is 240 g/mol. The van der Waals surface area contributed by atoms with Crippen LogP contribution in [0.3, 0.4) is 0 Å². The molecule has 1 atom stereocenters. The molecule has 0 amide bonds. The van der Waals surface area contributed by atoms with E-state index in [9.17, 15) is 13.2 Å². The van der Waals surface area contributed by atoms with E-state index in [1.165, 1.54) is 14.0 Å². The Morgan fingerprint density at radius 3 is 2.47 bits per heavy atom. The summed E-state index contributed by atoms with van der Waals surface area (Å²) in [7, 11) is -2.43. The number of carboxylic acid groups (broad SMARTS) is 1. The quantitative estimate of drug-likeness (QED) is 0.508. The van der Waals surface area contributed by atoms with E-state index in [1.54, 1.807) is 0 Å². The Morgan fingerprint density at radius 2 is 2.07 bits per heavy atom. The number of hydrogen-bond donors (Lipinski definition) is 3. The molecule has 0 aliphatic heterocycles.